The first-order chi connectivity index (χ1) is 9.70. The molecule has 0 saturated heterocycles. The molecule has 0 unspecified atom stereocenters. The number of nitrogens with two attached hydrogens (primary N) is 1. The van der Waals surface area contributed by atoms with Gasteiger partial charge in [-0.15, -0.1) is 0 Å². The van der Waals surface area contributed by atoms with E-state index in [2.05, 4.69) is 26.1 Å². The van der Waals surface area contributed by atoms with Crippen LogP contribution in [0.1, 0.15) is 12.3 Å². The molecule has 0 aliphatic carbocycles. The van der Waals surface area contributed by atoms with Gasteiger partial charge in [-0.05, 0) is 15.9 Å². The summed E-state index contributed by atoms with van der Waals surface area (Å²) in [5.41, 5.74) is 5.53. The van der Waals surface area contributed by atoms with Gasteiger partial charge in [0.1, 0.15) is 5.56 Å². The van der Waals surface area contributed by atoms with Crippen LogP contribution in [0.4, 0.5) is 4.39 Å². The molecule has 0 saturated carbocycles. The number of ether oxygens (including phenoxy) is 2. The van der Waals surface area contributed by atoms with E-state index in [1.807, 2.05) is 0 Å². The summed E-state index contributed by atoms with van der Waals surface area (Å²) in [7, 11) is 0. The Hall–Kier alpha value is -1.67. The zero-order chi connectivity index (χ0) is 14.1. The summed E-state index contributed by atoms with van der Waals surface area (Å²) in [5, 5.41) is 3.74. The van der Waals surface area contributed by atoms with E-state index >= 15 is 0 Å². The molecule has 2 N–H and O–H groups in total. The monoisotopic (exact) mass is 343 g/mol. The van der Waals surface area contributed by atoms with E-state index in [0.717, 1.165) is 0 Å². The fourth-order valence-corrected chi connectivity index (χ4v) is 2.30. The maximum Gasteiger partial charge on any atom is 0.240 e. The third kappa shape index (κ3) is 2.25. The van der Waals surface area contributed by atoms with Crippen molar-refractivity contribution < 1.29 is 18.4 Å². The van der Waals surface area contributed by atoms with Crippen LogP contribution in [0, 0.1) is 5.82 Å². The van der Waals surface area contributed by atoms with Crippen molar-refractivity contribution in [2.75, 3.05) is 13.2 Å². The summed E-state index contributed by atoms with van der Waals surface area (Å²) >= 11 is 3.15. The molecule has 106 valence electrons. The van der Waals surface area contributed by atoms with Gasteiger partial charge < -0.3 is 19.7 Å². The maximum atomic E-state index is 14.4. The van der Waals surface area contributed by atoms with Crippen molar-refractivity contribution in [3.05, 3.63) is 22.2 Å². The van der Waals surface area contributed by atoms with Crippen LogP contribution in [0.15, 0.2) is 15.1 Å². The van der Waals surface area contributed by atoms with E-state index in [4.69, 9.17) is 19.7 Å². The zero-order valence-corrected chi connectivity index (χ0v) is 11.9. The molecule has 2 heterocycles. The average molecular weight is 344 g/mol. The molecule has 1 aliphatic rings. The Morgan fingerprint density at radius 1 is 1.35 bits per heavy atom. The van der Waals surface area contributed by atoms with Crippen molar-refractivity contribution in [1.29, 1.82) is 0 Å². The van der Waals surface area contributed by atoms with E-state index < -0.39 is 5.82 Å². The largest absolute Gasteiger partial charge is 0.489 e. The summed E-state index contributed by atoms with van der Waals surface area (Å²) in [4.78, 5) is 4.04. The molecule has 1 aromatic heterocycles. The predicted molar refractivity (Wildman–Crippen MR) is 70.9 cm³/mol. The molecule has 0 fully saturated rings. The Bertz CT molecular complexity index is 647. The highest BCUT2D eigenvalue weighted by Gasteiger charge is 2.26. The summed E-state index contributed by atoms with van der Waals surface area (Å²) in [5.74, 6) is 0.518. The second kappa shape index (κ2) is 5.37. The summed E-state index contributed by atoms with van der Waals surface area (Å²) in [6.07, 6.45) is 0.716. The Balaban J connectivity index is 2.19. The van der Waals surface area contributed by atoms with Crippen LogP contribution in [0.25, 0.3) is 11.4 Å². The second-order valence-electron chi connectivity index (χ2n) is 4.14. The third-order valence-corrected chi connectivity index (χ3v) is 3.37. The lowest BCUT2D eigenvalue weighted by Gasteiger charge is -2.12. The number of aromatic nitrogens is 2. The lowest BCUT2D eigenvalue weighted by atomic mass is 10.1. The Morgan fingerprint density at radius 2 is 2.15 bits per heavy atom. The molecule has 0 radical (unpaired) electrons. The first kappa shape index (κ1) is 13.3. The van der Waals surface area contributed by atoms with Crippen LogP contribution in [-0.4, -0.2) is 23.4 Å². The topological polar surface area (TPSA) is 83.4 Å². The highest BCUT2D eigenvalue weighted by Crippen LogP contribution is 2.43. The van der Waals surface area contributed by atoms with Gasteiger partial charge in [-0.25, -0.2) is 4.39 Å². The lowest BCUT2D eigenvalue weighted by molar-refractivity contribution is 0.297. The molecular formula is C12H11BrFN3O3. The fourth-order valence-electron chi connectivity index (χ4n) is 1.89. The molecule has 2 aromatic rings. The van der Waals surface area contributed by atoms with Crippen molar-refractivity contribution >= 4 is 15.9 Å². The highest BCUT2D eigenvalue weighted by molar-refractivity contribution is 9.10. The smallest absolute Gasteiger partial charge is 0.240 e. The normalized spacial score (nSPS) is 14.2. The van der Waals surface area contributed by atoms with Gasteiger partial charge in [0.2, 0.25) is 11.7 Å². The van der Waals surface area contributed by atoms with Crippen LogP contribution < -0.4 is 15.2 Å². The molecule has 0 spiro atoms. The standard InChI is InChI=1S/C12H11BrFN3O3/c13-6-4-7-11(19-3-1-2-18-7)9(10(6)14)12-16-8(5-15)20-17-12/h4H,1-3,5,15H2. The molecule has 0 amide bonds. The summed E-state index contributed by atoms with van der Waals surface area (Å²) < 4.78 is 30.7. The number of nitrogens with zero attached hydrogens (tertiary/aromatic N) is 2. The van der Waals surface area contributed by atoms with Crippen molar-refractivity contribution in [2.45, 2.75) is 13.0 Å². The van der Waals surface area contributed by atoms with Gasteiger partial charge >= 0.3 is 0 Å². The molecule has 0 bridgehead atoms. The van der Waals surface area contributed by atoms with Gasteiger partial charge in [-0.1, -0.05) is 5.16 Å². The van der Waals surface area contributed by atoms with E-state index in [1.54, 1.807) is 0 Å². The third-order valence-electron chi connectivity index (χ3n) is 2.80. The molecule has 3 rings (SSSR count). The van der Waals surface area contributed by atoms with Crippen LogP contribution in [-0.2, 0) is 6.54 Å². The van der Waals surface area contributed by atoms with E-state index in [1.165, 1.54) is 6.07 Å². The Kier molecular flexibility index (Phi) is 3.58. The summed E-state index contributed by atoms with van der Waals surface area (Å²) in [6, 6.07) is 1.53. The quantitative estimate of drug-likeness (QED) is 0.900. The number of benzene rings is 1. The first-order valence-electron chi connectivity index (χ1n) is 6.01. The van der Waals surface area contributed by atoms with Crippen molar-refractivity contribution in [3.63, 3.8) is 0 Å². The number of halogens is 2. The Labute approximate surface area is 122 Å². The number of hydrogen-bond acceptors (Lipinski definition) is 6. The van der Waals surface area contributed by atoms with Crippen molar-refractivity contribution in [3.8, 4) is 22.9 Å². The Morgan fingerprint density at radius 3 is 2.90 bits per heavy atom. The van der Waals surface area contributed by atoms with Crippen LogP contribution >= 0.6 is 15.9 Å². The average Bonchev–Trinajstić information content (AvgIpc) is 2.80. The molecule has 20 heavy (non-hydrogen) atoms. The molecule has 0 atom stereocenters. The fraction of sp³-hybridized carbons (Fsp3) is 0.333. The van der Waals surface area contributed by atoms with Crippen molar-refractivity contribution in [2.24, 2.45) is 5.73 Å². The molecule has 6 nitrogen and oxygen atoms in total. The van der Waals surface area contributed by atoms with E-state index in [9.17, 15) is 4.39 Å². The van der Waals surface area contributed by atoms with Crippen LogP contribution in [0.2, 0.25) is 0 Å². The molecule has 8 heteroatoms. The number of hydrogen-bond donors (Lipinski definition) is 1. The first-order valence-corrected chi connectivity index (χ1v) is 6.80. The zero-order valence-electron chi connectivity index (χ0n) is 10.4. The SMILES string of the molecule is NCc1nc(-c2c(F)c(Br)cc3c2OCCCO3)no1. The van der Waals surface area contributed by atoms with Gasteiger partial charge in [0.05, 0.1) is 24.2 Å². The van der Waals surface area contributed by atoms with Crippen molar-refractivity contribution in [1.82, 2.24) is 10.1 Å². The predicted octanol–water partition coefficient (Wildman–Crippen LogP) is 2.26. The second-order valence-corrected chi connectivity index (χ2v) is 5.00. The number of fused-ring (bicyclic) bond motifs is 1. The van der Waals surface area contributed by atoms with Crippen LogP contribution in [0.3, 0.4) is 0 Å². The highest BCUT2D eigenvalue weighted by atomic mass is 79.9. The van der Waals surface area contributed by atoms with Crippen LogP contribution in [0.5, 0.6) is 11.5 Å². The maximum absolute atomic E-state index is 14.4. The van der Waals surface area contributed by atoms with Gasteiger partial charge in [0.25, 0.3) is 0 Å². The van der Waals surface area contributed by atoms with E-state index in [-0.39, 0.29) is 34.0 Å². The minimum absolute atomic E-state index is 0.0855. The van der Waals surface area contributed by atoms with Gasteiger partial charge in [0.15, 0.2) is 17.3 Å². The lowest BCUT2D eigenvalue weighted by Crippen LogP contribution is -2.00. The van der Waals surface area contributed by atoms with E-state index in [0.29, 0.717) is 25.4 Å². The van der Waals surface area contributed by atoms with Gasteiger partial charge in [0, 0.05) is 12.5 Å². The minimum atomic E-state index is -0.529. The molecule has 1 aromatic carbocycles. The number of rotatable bonds is 2. The van der Waals surface area contributed by atoms with Gasteiger partial charge in [-0.2, -0.15) is 4.98 Å². The molecule has 1 aliphatic heterocycles. The van der Waals surface area contributed by atoms with Gasteiger partial charge in [-0.3, -0.25) is 0 Å². The minimum Gasteiger partial charge on any atom is -0.489 e. The summed E-state index contributed by atoms with van der Waals surface area (Å²) in [6.45, 7) is 1.02. The molecular weight excluding hydrogens is 333 g/mol.